The minimum absolute atomic E-state index is 0.168. The lowest BCUT2D eigenvalue weighted by Gasteiger charge is -2.31. The van der Waals surface area contributed by atoms with E-state index in [0.717, 1.165) is 25.7 Å². The molecule has 2 aliphatic rings. The van der Waals surface area contributed by atoms with Gasteiger partial charge in [-0.05, 0) is 32.1 Å². The number of carboxylic acid groups (broad SMARTS) is 2. The molecule has 0 aromatic heterocycles. The highest BCUT2D eigenvalue weighted by atomic mass is 16.5. The molecular weight excluding hydrogens is 300 g/mol. The van der Waals surface area contributed by atoms with Gasteiger partial charge in [0.1, 0.15) is 5.78 Å². The van der Waals surface area contributed by atoms with E-state index < -0.39 is 23.8 Å². The fourth-order valence-corrected chi connectivity index (χ4v) is 3.81. The van der Waals surface area contributed by atoms with Crippen LogP contribution in [0.3, 0.4) is 0 Å². The first kappa shape index (κ1) is 17.9. The van der Waals surface area contributed by atoms with Gasteiger partial charge in [-0.25, -0.2) is 0 Å². The molecule has 0 bridgehead atoms. The molecular formula is C17H26O6. The van der Waals surface area contributed by atoms with E-state index in [1.54, 1.807) is 0 Å². The highest BCUT2D eigenvalue weighted by Gasteiger charge is 2.39. The minimum atomic E-state index is -1.08. The van der Waals surface area contributed by atoms with Crippen molar-refractivity contribution >= 4 is 17.7 Å². The first-order chi connectivity index (χ1) is 11.0. The van der Waals surface area contributed by atoms with Crippen LogP contribution in [0, 0.1) is 17.8 Å². The summed E-state index contributed by atoms with van der Waals surface area (Å²) < 4.78 is 5.68. The van der Waals surface area contributed by atoms with Crippen LogP contribution in [0.5, 0.6) is 0 Å². The number of rotatable bonds is 7. The second-order valence-electron chi connectivity index (χ2n) is 6.75. The summed E-state index contributed by atoms with van der Waals surface area (Å²) in [5.41, 5.74) is 0. The van der Waals surface area contributed by atoms with Gasteiger partial charge >= 0.3 is 11.9 Å². The Kier molecular flexibility index (Phi) is 6.57. The van der Waals surface area contributed by atoms with Gasteiger partial charge in [-0.3, -0.25) is 14.4 Å². The Labute approximate surface area is 136 Å². The van der Waals surface area contributed by atoms with Crippen LogP contribution in [0.2, 0.25) is 0 Å². The summed E-state index contributed by atoms with van der Waals surface area (Å²) >= 11 is 0. The van der Waals surface area contributed by atoms with E-state index in [2.05, 4.69) is 0 Å². The van der Waals surface area contributed by atoms with Crippen molar-refractivity contribution in [2.45, 2.75) is 63.9 Å². The molecule has 0 amide bonds. The third-order valence-corrected chi connectivity index (χ3v) is 5.20. The number of hydrogen-bond acceptors (Lipinski definition) is 4. The molecule has 2 aliphatic carbocycles. The molecule has 0 aliphatic heterocycles. The molecule has 130 valence electrons. The van der Waals surface area contributed by atoms with Crippen molar-refractivity contribution < 1.29 is 29.3 Å². The Hall–Kier alpha value is -1.43. The largest absolute Gasteiger partial charge is 0.481 e. The highest BCUT2D eigenvalue weighted by molar-refractivity contribution is 5.81. The van der Waals surface area contributed by atoms with Crippen molar-refractivity contribution in [1.82, 2.24) is 0 Å². The zero-order chi connectivity index (χ0) is 16.8. The molecule has 2 rings (SSSR count). The monoisotopic (exact) mass is 326 g/mol. The standard InChI is InChI=1S/C17H26O6/c18-15(11-4-2-1-3-5-11)8-9-23-12-6-7-13(16(19)20)14(10-12)17(21)22/h11-14H,1-10H2,(H,19,20)(H,21,22). The molecule has 0 aromatic rings. The summed E-state index contributed by atoms with van der Waals surface area (Å²) in [4.78, 5) is 34.4. The van der Waals surface area contributed by atoms with Gasteiger partial charge in [-0.1, -0.05) is 19.3 Å². The van der Waals surface area contributed by atoms with Gasteiger partial charge in [0.15, 0.2) is 0 Å². The first-order valence-corrected chi connectivity index (χ1v) is 8.59. The highest BCUT2D eigenvalue weighted by Crippen LogP contribution is 2.32. The second-order valence-corrected chi connectivity index (χ2v) is 6.75. The number of hydrogen-bond donors (Lipinski definition) is 2. The number of Topliss-reactive ketones (excluding diaryl/α,β-unsaturated/α-hetero) is 1. The molecule has 0 radical (unpaired) electrons. The van der Waals surface area contributed by atoms with Crippen molar-refractivity contribution in [3.8, 4) is 0 Å². The van der Waals surface area contributed by atoms with Crippen LogP contribution in [0.25, 0.3) is 0 Å². The van der Waals surface area contributed by atoms with Crippen molar-refractivity contribution in [3.63, 3.8) is 0 Å². The van der Waals surface area contributed by atoms with Crippen LogP contribution in [-0.4, -0.2) is 40.6 Å². The number of aliphatic carboxylic acids is 2. The number of carbonyl (C=O) groups is 3. The Morgan fingerprint density at radius 2 is 1.52 bits per heavy atom. The van der Waals surface area contributed by atoms with E-state index in [9.17, 15) is 19.5 Å². The number of ether oxygens (including phenoxy) is 1. The Balaban J connectivity index is 1.74. The van der Waals surface area contributed by atoms with Gasteiger partial charge in [0.25, 0.3) is 0 Å². The summed E-state index contributed by atoms with van der Waals surface area (Å²) in [7, 11) is 0. The third kappa shape index (κ3) is 5.03. The minimum Gasteiger partial charge on any atom is -0.481 e. The SMILES string of the molecule is O=C(CCOC1CCC(C(=O)O)C(C(=O)O)C1)C1CCCCC1. The predicted octanol–water partition coefficient (Wildman–Crippen LogP) is 2.50. The van der Waals surface area contributed by atoms with Gasteiger partial charge < -0.3 is 14.9 Å². The lowest BCUT2D eigenvalue weighted by molar-refractivity contribution is -0.158. The molecule has 2 fully saturated rings. The smallest absolute Gasteiger partial charge is 0.307 e. The maximum atomic E-state index is 12.1. The van der Waals surface area contributed by atoms with Crippen molar-refractivity contribution in [2.24, 2.45) is 17.8 Å². The van der Waals surface area contributed by atoms with Crippen molar-refractivity contribution in [1.29, 1.82) is 0 Å². The molecule has 3 atom stereocenters. The van der Waals surface area contributed by atoms with Crippen LogP contribution in [0.15, 0.2) is 0 Å². The topological polar surface area (TPSA) is 101 Å². The Morgan fingerprint density at radius 1 is 0.870 bits per heavy atom. The summed E-state index contributed by atoms with van der Waals surface area (Å²) in [6.45, 7) is 0.310. The predicted molar refractivity (Wildman–Crippen MR) is 82.0 cm³/mol. The number of carboxylic acids is 2. The summed E-state index contributed by atoms with van der Waals surface area (Å²) in [5.74, 6) is -3.45. The van der Waals surface area contributed by atoms with Crippen molar-refractivity contribution in [3.05, 3.63) is 0 Å². The maximum Gasteiger partial charge on any atom is 0.307 e. The van der Waals surface area contributed by atoms with E-state index in [1.165, 1.54) is 6.42 Å². The van der Waals surface area contributed by atoms with Crippen LogP contribution in [0.1, 0.15) is 57.8 Å². The molecule has 23 heavy (non-hydrogen) atoms. The fourth-order valence-electron chi connectivity index (χ4n) is 3.81. The number of ketones is 1. The molecule has 6 heteroatoms. The molecule has 6 nitrogen and oxygen atoms in total. The molecule has 0 saturated heterocycles. The molecule has 2 N–H and O–H groups in total. The summed E-state index contributed by atoms with van der Waals surface area (Å²) in [5, 5.41) is 18.3. The molecule has 3 unspecified atom stereocenters. The van der Waals surface area contributed by atoms with E-state index in [-0.39, 0.29) is 24.2 Å². The van der Waals surface area contributed by atoms with E-state index in [4.69, 9.17) is 9.84 Å². The van der Waals surface area contributed by atoms with Gasteiger partial charge in [-0.15, -0.1) is 0 Å². The van der Waals surface area contributed by atoms with E-state index >= 15 is 0 Å². The van der Waals surface area contributed by atoms with Gasteiger partial charge in [0, 0.05) is 12.3 Å². The van der Waals surface area contributed by atoms with E-state index in [0.29, 0.717) is 25.9 Å². The summed E-state index contributed by atoms with van der Waals surface area (Å²) in [6, 6.07) is 0. The zero-order valence-corrected chi connectivity index (χ0v) is 13.4. The van der Waals surface area contributed by atoms with Gasteiger partial charge in [0.2, 0.25) is 0 Å². The normalized spacial score (nSPS) is 29.1. The Morgan fingerprint density at radius 3 is 2.13 bits per heavy atom. The number of carbonyl (C=O) groups excluding carboxylic acids is 1. The van der Waals surface area contributed by atoms with Crippen LogP contribution >= 0.6 is 0 Å². The fraction of sp³-hybridized carbons (Fsp3) is 0.824. The third-order valence-electron chi connectivity index (χ3n) is 5.20. The molecule has 0 heterocycles. The Bertz CT molecular complexity index is 440. The maximum absolute atomic E-state index is 12.1. The second kappa shape index (κ2) is 8.43. The lowest BCUT2D eigenvalue weighted by atomic mass is 9.78. The molecule has 0 aromatic carbocycles. The molecule has 2 saturated carbocycles. The average molecular weight is 326 g/mol. The van der Waals surface area contributed by atoms with Crippen molar-refractivity contribution in [2.75, 3.05) is 6.61 Å². The average Bonchev–Trinajstić information content (AvgIpc) is 2.55. The molecule has 0 spiro atoms. The summed E-state index contributed by atoms with van der Waals surface area (Å²) in [6.07, 6.45) is 6.59. The van der Waals surface area contributed by atoms with Gasteiger partial charge in [-0.2, -0.15) is 0 Å². The quantitative estimate of drug-likeness (QED) is 0.745. The van der Waals surface area contributed by atoms with Crippen LogP contribution in [0.4, 0.5) is 0 Å². The zero-order valence-electron chi connectivity index (χ0n) is 13.4. The van der Waals surface area contributed by atoms with Crippen LogP contribution < -0.4 is 0 Å². The van der Waals surface area contributed by atoms with Crippen LogP contribution in [-0.2, 0) is 19.1 Å². The van der Waals surface area contributed by atoms with E-state index in [1.807, 2.05) is 0 Å². The lowest BCUT2D eigenvalue weighted by Crippen LogP contribution is -2.38. The van der Waals surface area contributed by atoms with Gasteiger partial charge in [0.05, 0.1) is 24.5 Å². The first-order valence-electron chi connectivity index (χ1n) is 8.59.